The Labute approximate surface area is 171 Å². The summed E-state index contributed by atoms with van der Waals surface area (Å²) in [6.45, 7) is 8.00. The van der Waals surface area contributed by atoms with Crippen LogP contribution in [0.5, 0.6) is 0 Å². The molecular weight excluding hydrogens is 388 g/mol. The number of amides is 1. The smallest absolute Gasteiger partial charge is 0.259 e. The lowest BCUT2D eigenvalue weighted by molar-refractivity contribution is 0.102. The van der Waals surface area contributed by atoms with Crippen LogP contribution in [0.25, 0.3) is 16.4 Å². The van der Waals surface area contributed by atoms with Crippen LogP contribution in [0.4, 0.5) is 5.69 Å². The number of aromatic amines is 1. The fourth-order valence-corrected chi connectivity index (χ4v) is 3.95. The van der Waals surface area contributed by atoms with Gasteiger partial charge in [-0.15, -0.1) is 16.4 Å². The average molecular weight is 408 g/mol. The molecule has 1 amide bonds. The molecule has 0 spiro atoms. The molecule has 148 valence electrons. The molecule has 0 saturated heterocycles. The number of benzene rings is 1. The Morgan fingerprint density at radius 2 is 2.10 bits per heavy atom. The highest BCUT2D eigenvalue weighted by Crippen LogP contribution is 2.31. The first kappa shape index (κ1) is 18.9. The molecule has 4 rings (SSSR count). The first-order valence-electron chi connectivity index (χ1n) is 9.11. The molecule has 2 N–H and O–H groups in total. The van der Waals surface area contributed by atoms with Gasteiger partial charge in [0.1, 0.15) is 17.2 Å². The largest absolute Gasteiger partial charge is 0.322 e. The zero-order chi connectivity index (χ0) is 20.5. The van der Waals surface area contributed by atoms with E-state index in [4.69, 9.17) is 0 Å². The molecule has 3 aromatic heterocycles. The van der Waals surface area contributed by atoms with E-state index in [0.717, 1.165) is 21.8 Å². The third kappa shape index (κ3) is 3.66. The number of thiophene rings is 1. The monoisotopic (exact) mass is 408 g/mol. The predicted molar refractivity (Wildman–Crippen MR) is 110 cm³/mol. The van der Waals surface area contributed by atoms with Gasteiger partial charge in [-0.1, -0.05) is 26.0 Å². The van der Waals surface area contributed by atoms with Crippen molar-refractivity contribution in [2.45, 2.75) is 33.6 Å². The number of H-pyrrole nitrogens is 1. The van der Waals surface area contributed by atoms with E-state index in [1.165, 1.54) is 22.3 Å². The number of aromatic nitrogens is 7. The van der Waals surface area contributed by atoms with Crippen LogP contribution >= 0.6 is 11.3 Å². The van der Waals surface area contributed by atoms with Crippen LogP contribution in [0.2, 0.25) is 0 Å². The summed E-state index contributed by atoms with van der Waals surface area (Å²) < 4.78 is 1.51. The normalized spacial score (nSPS) is 11.2. The van der Waals surface area contributed by atoms with Crippen molar-refractivity contribution in [3.8, 4) is 16.4 Å². The zero-order valence-electron chi connectivity index (χ0n) is 16.5. The highest BCUT2D eigenvalue weighted by molar-refractivity contribution is 7.15. The van der Waals surface area contributed by atoms with E-state index in [9.17, 15) is 4.79 Å². The van der Waals surface area contributed by atoms with Crippen LogP contribution < -0.4 is 5.32 Å². The minimum Gasteiger partial charge on any atom is -0.322 e. The Balaban J connectivity index is 1.63. The number of hydrogen-bond acceptors (Lipinski definition) is 7. The van der Waals surface area contributed by atoms with E-state index in [0.29, 0.717) is 22.1 Å². The lowest BCUT2D eigenvalue weighted by Crippen LogP contribution is -2.15. The molecule has 0 saturated carbocycles. The lowest BCUT2D eigenvalue weighted by atomic mass is 10.1. The summed E-state index contributed by atoms with van der Waals surface area (Å²) >= 11 is 1.48. The van der Waals surface area contributed by atoms with E-state index >= 15 is 0 Å². The molecule has 3 heterocycles. The van der Waals surface area contributed by atoms with Gasteiger partial charge >= 0.3 is 0 Å². The van der Waals surface area contributed by atoms with Crippen LogP contribution in [0.3, 0.4) is 0 Å². The maximum Gasteiger partial charge on any atom is 0.259 e. The van der Waals surface area contributed by atoms with Crippen molar-refractivity contribution in [3.05, 3.63) is 52.4 Å². The summed E-state index contributed by atoms with van der Waals surface area (Å²) in [5.41, 5.74) is 2.95. The van der Waals surface area contributed by atoms with Crippen molar-refractivity contribution in [3.63, 3.8) is 0 Å². The molecule has 1 aromatic carbocycles. The van der Waals surface area contributed by atoms with Crippen molar-refractivity contribution in [2.24, 2.45) is 0 Å². The van der Waals surface area contributed by atoms with E-state index in [1.807, 2.05) is 52.0 Å². The maximum absolute atomic E-state index is 13.1. The van der Waals surface area contributed by atoms with Gasteiger partial charge in [-0.05, 0) is 42.0 Å². The molecule has 4 aromatic rings. The fraction of sp³-hybridized carbons (Fsp3) is 0.263. The molecule has 0 fully saturated rings. The van der Waals surface area contributed by atoms with Gasteiger partial charge in [0.15, 0.2) is 5.82 Å². The van der Waals surface area contributed by atoms with Gasteiger partial charge in [0.2, 0.25) is 0 Å². The molecule has 9 nitrogen and oxygen atoms in total. The molecular formula is C19H20N8OS. The molecule has 29 heavy (non-hydrogen) atoms. The minimum atomic E-state index is -0.215. The number of rotatable bonds is 5. The molecule has 10 heteroatoms. The Kier molecular flexibility index (Phi) is 4.93. The van der Waals surface area contributed by atoms with Crippen molar-refractivity contribution in [1.82, 2.24) is 35.4 Å². The Bertz CT molecular complexity index is 1160. The van der Waals surface area contributed by atoms with Crippen molar-refractivity contribution < 1.29 is 4.79 Å². The van der Waals surface area contributed by atoms with Gasteiger partial charge in [0, 0.05) is 22.0 Å². The van der Waals surface area contributed by atoms with Crippen LogP contribution in [0.15, 0.2) is 30.6 Å². The van der Waals surface area contributed by atoms with Crippen molar-refractivity contribution in [1.29, 1.82) is 0 Å². The summed E-state index contributed by atoms with van der Waals surface area (Å²) in [6.07, 6.45) is 1.48. The number of carbonyl (C=O) groups excluding carboxylic acids is 1. The van der Waals surface area contributed by atoms with E-state index in [2.05, 4.69) is 36.0 Å². The summed E-state index contributed by atoms with van der Waals surface area (Å²) in [4.78, 5) is 18.6. The zero-order valence-corrected chi connectivity index (χ0v) is 17.3. The van der Waals surface area contributed by atoms with Crippen molar-refractivity contribution in [2.75, 3.05) is 5.32 Å². The Morgan fingerprint density at radius 3 is 2.79 bits per heavy atom. The topological polar surface area (TPSA) is 114 Å². The van der Waals surface area contributed by atoms with Gasteiger partial charge in [-0.3, -0.25) is 9.89 Å². The van der Waals surface area contributed by atoms with E-state index in [1.54, 1.807) is 0 Å². The van der Waals surface area contributed by atoms with E-state index in [-0.39, 0.29) is 11.8 Å². The van der Waals surface area contributed by atoms with Crippen LogP contribution in [0, 0.1) is 13.8 Å². The van der Waals surface area contributed by atoms with Crippen LogP contribution in [-0.4, -0.2) is 41.3 Å². The second-order valence-corrected chi connectivity index (χ2v) is 8.15. The third-order valence-corrected chi connectivity index (χ3v) is 5.78. The predicted octanol–water partition coefficient (Wildman–Crippen LogP) is 3.50. The van der Waals surface area contributed by atoms with Crippen LogP contribution in [0.1, 0.15) is 46.4 Å². The standard InChI is InChI=1S/C19H20N8OS/c1-10(2)16-22-17(24-23-16)13-6-5-7-14(8-13)21-18(28)15-11(3)12(4)29-19(15)27-9-20-25-26-27/h5-10H,1-4H3,(H,21,28)(H,22,23,24). The van der Waals surface area contributed by atoms with Gasteiger partial charge in [-0.25, -0.2) is 4.98 Å². The number of anilines is 1. The second kappa shape index (κ2) is 7.55. The summed E-state index contributed by atoms with van der Waals surface area (Å²) in [5, 5.41) is 22.2. The summed E-state index contributed by atoms with van der Waals surface area (Å²) in [5.74, 6) is 1.47. The van der Waals surface area contributed by atoms with Gasteiger partial charge in [-0.2, -0.15) is 9.78 Å². The summed E-state index contributed by atoms with van der Waals surface area (Å²) in [7, 11) is 0. The quantitative estimate of drug-likeness (QED) is 0.522. The van der Waals surface area contributed by atoms with Gasteiger partial charge in [0.05, 0.1) is 5.56 Å². The Hall–Kier alpha value is -3.40. The molecule has 0 unspecified atom stereocenters. The molecule has 0 radical (unpaired) electrons. The van der Waals surface area contributed by atoms with Crippen molar-refractivity contribution >= 4 is 22.9 Å². The van der Waals surface area contributed by atoms with Crippen LogP contribution in [-0.2, 0) is 0 Å². The molecule has 0 aliphatic rings. The van der Waals surface area contributed by atoms with Gasteiger partial charge in [0.25, 0.3) is 5.91 Å². The summed E-state index contributed by atoms with van der Waals surface area (Å²) in [6, 6.07) is 7.47. The average Bonchev–Trinajstić information content (AvgIpc) is 3.43. The molecule has 0 aliphatic carbocycles. The second-order valence-electron chi connectivity index (χ2n) is 6.95. The number of hydrogen-bond donors (Lipinski definition) is 2. The maximum atomic E-state index is 13.1. The highest BCUT2D eigenvalue weighted by atomic mass is 32.1. The Morgan fingerprint density at radius 1 is 1.28 bits per heavy atom. The fourth-order valence-electron chi connectivity index (χ4n) is 2.88. The SMILES string of the molecule is Cc1sc(-n2cnnn2)c(C(=O)Nc2cccc(-c3n[nH]c(C(C)C)n3)c2)c1C. The number of carbonyl (C=O) groups is 1. The third-order valence-electron chi connectivity index (χ3n) is 4.58. The number of nitrogens with one attached hydrogen (secondary N) is 2. The van der Waals surface area contributed by atoms with E-state index < -0.39 is 0 Å². The first-order chi connectivity index (χ1) is 13.9. The first-order valence-corrected chi connectivity index (χ1v) is 9.93. The molecule has 0 aliphatic heterocycles. The number of nitrogens with zero attached hydrogens (tertiary/aromatic N) is 6. The highest BCUT2D eigenvalue weighted by Gasteiger charge is 2.22. The number of aryl methyl sites for hydroxylation is 1. The lowest BCUT2D eigenvalue weighted by Gasteiger charge is -2.08. The minimum absolute atomic E-state index is 0.215. The molecule has 0 atom stereocenters. The number of tetrazole rings is 1. The molecule has 0 bridgehead atoms. The van der Waals surface area contributed by atoms with Gasteiger partial charge < -0.3 is 5.32 Å².